The van der Waals surface area contributed by atoms with Crippen LogP contribution < -0.4 is 0 Å². The number of halogens is 1. The minimum Gasteiger partial charge on any atom is -0.396 e. The number of alkyl halides is 1. The Morgan fingerprint density at radius 1 is 1.75 bits per heavy atom. The fraction of sp³-hybridized carbons (Fsp3) is 0.800. The number of hydrogen-bond donors (Lipinski definition) is 0. The Labute approximate surface area is 58.0 Å². The number of oxime groups is 1. The Kier molecular flexibility index (Phi) is 5.06. The molecule has 0 aliphatic rings. The molecule has 0 heterocycles. The third kappa shape index (κ3) is 4.12. The van der Waals surface area contributed by atoms with Crippen LogP contribution in [0.5, 0.6) is 0 Å². The highest BCUT2D eigenvalue weighted by Crippen LogP contribution is 1.85. The molecule has 0 aromatic rings. The van der Waals surface area contributed by atoms with Crippen LogP contribution in [-0.4, -0.2) is 17.6 Å². The summed E-state index contributed by atoms with van der Waals surface area (Å²) in [4.78, 5) is 4.74. The second-order valence-electron chi connectivity index (χ2n) is 1.38. The third-order valence-corrected chi connectivity index (χ3v) is 1.35. The molecule has 0 saturated heterocycles. The standard InChI is InChI=1S/C5H10BrNO/c1-3-8-7-5(2)4-6/h3-4H2,1-2H3/b7-5+. The number of hydrogen-bond acceptors (Lipinski definition) is 2. The van der Waals surface area contributed by atoms with Crippen molar-refractivity contribution in [2.75, 3.05) is 11.9 Å². The molecule has 0 fully saturated rings. The minimum atomic E-state index is 0.643. The average molecular weight is 180 g/mol. The van der Waals surface area contributed by atoms with Crippen molar-refractivity contribution in [3.05, 3.63) is 0 Å². The number of rotatable bonds is 3. The van der Waals surface area contributed by atoms with Crippen LogP contribution in [0.4, 0.5) is 0 Å². The molecule has 0 aliphatic heterocycles. The van der Waals surface area contributed by atoms with Crippen LogP contribution in [0.25, 0.3) is 0 Å². The molecule has 0 amide bonds. The average Bonchev–Trinajstić information content (AvgIpc) is 1.83. The van der Waals surface area contributed by atoms with Crippen molar-refractivity contribution >= 4 is 21.6 Å². The predicted molar refractivity (Wildman–Crippen MR) is 38.5 cm³/mol. The zero-order chi connectivity index (χ0) is 6.41. The maximum Gasteiger partial charge on any atom is 0.114 e. The summed E-state index contributed by atoms with van der Waals surface area (Å²) in [5, 5.41) is 4.52. The Morgan fingerprint density at radius 2 is 2.38 bits per heavy atom. The lowest BCUT2D eigenvalue weighted by Crippen LogP contribution is -1.93. The molecule has 48 valence electrons. The zero-order valence-corrected chi connectivity index (χ0v) is 6.73. The molecule has 0 aromatic heterocycles. The molecule has 0 N–H and O–H groups in total. The predicted octanol–water partition coefficient (Wildman–Crippen LogP) is 1.79. The molecule has 0 spiro atoms. The van der Waals surface area contributed by atoms with Crippen molar-refractivity contribution in [1.82, 2.24) is 0 Å². The monoisotopic (exact) mass is 179 g/mol. The first-order valence-electron chi connectivity index (χ1n) is 2.52. The lowest BCUT2D eigenvalue weighted by atomic mass is 10.5. The van der Waals surface area contributed by atoms with Gasteiger partial charge in [-0.2, -0.15) is 0 Å². The van der Waals surface area contributed by atoms with E-state index in [-0.39, 0.29) is 0 Å². The van der Waals surface area contributed by atoms with E-state index in [1.165, 1.54) is 0 Å². The van der Waals surface area contributed by atoms with Crippen molar-refractivity contribution in [3.63, 3.8) is 0 Å². The highest BCUT2D eigenvalue weighted by atomic mass is 79.9. The van der Waals surface area contributed by atoms with Gasteiger partial charge in [0.2, 0.25) is 0 Å². The van der Waals surface area contributed by atoms with Crippen LogP contribution in [0.2, 0.25) is 0 Å². The Balaban J connectivity index is 3.26. The molecule has 0 unspecified atom stereocenters. The molecular formula is C5H10BrNO. The summed E-state index contributed by atoms with van der Waals surface area (Å²) in [5.41, 5.74) is 0.965. The maximum absolute atomic E-state index is 4.74. The molecule has 8 heavy (non-hydrogen) atoms. The first-order valence-corrected chi connectivity index (χ1v) is 3.64. The van der Waals surface area contributed by atoms with E-state index in [1.54, 1.807) is 0 Å². The van der Waals surface area contributed by atoms with Gasteiger partial charge in [-0.15, -0.1) is 0 Å². The summed E-state index contributed by atoms with van der Waals surface area (Å²) >= 11 is 3.23. The zero-order valence-electron chi connectivity index (χ0n) is 5.15. The maximum atomic E-state index is 4.74. The van der Waals surface area contributed by atoms with Gasteiger partial charge >= 0.3 is 0 Å². The van der Waals surface area contributed by atoms with Gasteiger partial charge in [0.25, 0.3) is 0 Å². The largest absolute Gasteiger partial charge is 0.396 e. The van der Waals surface area contributed by atoms with Gasteiger partial charge in [0.15, 0.2) is 0 Å². The van der Waals surface area contributed by atoms with E-state index in [1.807, 2.05) is 13.8 Å². The summed E-state index contributed by atoms with van der Waals surface area (Å²) in [7, 11) is 0. The second kappa shape index (κ2) is 5.09. The summed E-state index contributed by atoms with van der Waals surface area (Å²) in [6.07, 6.45) is 0. The molecular weight excluding hydrogens is 170 g/mol. The Bertz CT molecular complexity index is 82.5. The fourth-order valence-corrected chi connectivity index (χ4v) is 0.302. The summed E-state index contributed by atoms with van der Waals surface area (Å²) in [6.45, 7) is 4.46. The van der Waals surface area contributed by atoms with Gasteiger partial charge in [0.05, 0.1) is 5.71 Å². The highest BCUT2D eigenvalue weighted by molar-refractivity contribution is 9.09. The molecule has 0 radical (unpaired) electrons. The quantitative estimate of drug-likeness (QED) is 0.368. The Hall–Kier alpha value is -0.0500. The van der Waals surface area contributed by atoms with Gasteiger partial charge < -0.3 is 4.84 Å². The van der Waals surface area contributed by atoms with Crippen molar-refractivity contribution in [2.24, 2.45) is 5.16 Å². The highest BCUT2D eigenvalue weighted by Gasteiger charge is 1.83. The topological polar surface area (TPSA) is 21.6 Å². The fourth-order valence-electron chi connectivity index (χ4n) is 0.199. The first kappa shape index (κ1) is 7.95. The van der Waals surface area contributed by atoms with Gasteiger partial charge in [-0.25, -0.2) is 0 Å². The van der Waals surface area contributed by atoms with Crippen LogP contribution in [0.15, 0.2) is 5.16 Å². The minimum absolute atomic E-state index is 0.643. The van der Waals surface area contributed by atoms with Crippen molar-refractivity contribution in [3.8, 4) is 0 Å². The molecule has 0 rings (SSSR count). The van der Waals surface area contributed by atoms with Gasteiger partial charge in [-0.1, -0.05) is 21.1 Å². The first-order chi connectivity index (χ1) is 3.81. The molecule has 0 aliphatic carbocycles. The van der Waals surface area contributed by atoms with E-state index in [4.69, 9.17) is 4.84 Å². The van der Waals surface area contributed by atoms with E-state index >= 15 is 0 Å². The number of nitrogens with zero attached hydrogens (tertiary/aromatic N) is 1. The third-order valence-electron chi connectivity index (χ3n) is 0.543. The van der Waals surface area contributed by atoms with E-state index in [0.717, 1.165) is 11.0 Å². The van der Waals surface area contributed by atoms with Crippen LogP contribution in [0, 0.1) is 0 Å². The van der Waals surface area contributed by atoms with Gasteiger partial charge in [0, 0.05) is 5.33 Å². The van der Waals surface area contributed by atoms with Crippen molar-refractivity contribution in [2.45, 2.75) is 13.8 Å². The second-order valence-corrected chi connectivity index (χ2v) is 1.94. The van der Waals surface area contributed by atoms with Gasteiger partial charge in [-0.05, 0) is 13.8 Å². The van der Waals surface area contributed by atoms with Crippen LogP contribution in [0.3, 0.4) is 0 Å². The van der Waals surface area contributed by atoms with Crippen LogP contribution >= 0.6 is 15.9 Å². The Morgan fingerprint density at radius 3 is 2.75 bits per heavy atom. The van der Waals surface area contributed by atoms with Crippen molar-refractivity contribution < 1.29 is 4.84 Å². The lowest BCUT2D eigenvalue weighted by molar-refractivity contribution is 0.158. The molecule has 3 heteroatoms. The molecule has 0 atom stereocenters. The molecule has 0 aromatic carbocycles. The van der Waals surface area contributed by atoms with Crippen LogP contribution in [-0.2, 0) is 4.84 Å². The molecule has 0 bridgehead atoms. The van der Waals surface area contributed by atoms with E-state index in [2.05, 4.69) is 21.1 Å². The smallest absolute Gasteiger partial charge is 0.114 e. The molecule has 0 saturated carbocycles. The van der Waals surface area contributed by atoms with Gasteiger partial charge in [-0.3, -0.25) is 0 Å². The van der Waals surface area contributed by atoms with E-state index < -0.39 is 0 Å². The van der Waals surface area contributed by atoms with Crippen molar-refractivity contribution in [1.29, 1.82) is 0 Å². The summed E-state index contributed by atoms with van der Waals surface area (Å²) < 4.78 is 0. The van der Waals surface area contributed by atoms with Gasteiger partial charge in [0.1, 0.15) is 6.61 Å². The normalized spacial score (nSPS) is 11.6. The van der Waals surface area contributed by atoms with Crippen LogP contribution in [0.1, 0.15) is 13.8 Å². The van der Waals surface area contributed by atoms with E-state index in [9.17, 15) is 0 Å². The SMILES string of the molecule is CCO/N=C(\C)CBr. The molecule has 2 nitrogen and oxygen atoms in total. The summed E-state index contributed by atoms with van der Waals surface area (Å²) in [6, 6.07) is 0. The lowest BCUT2D eigenvalue weighted by Gasteiger charge is -1.92. The van der Waals surface area contributed by atoms with E-state index in [0.29, 0.717) is 6.61 Å². The summed E-state index contributed by atoms with van der Waals surface area (Å²) in [5.74, 6) is 0.